The number of nitrogens with one attached hydrogen (secondary N) is 1. The minimum absolute atomic E-state index is 0.200. The summed E-state index contributed by atoms with van der Waals surface area (Å²) in [5, 5.41) is -0.256. The van der Waals surface area contributed by atoms with Gasteiger partial charge in [-0.3, -0.25) is 9.78 Å². The zero-order chi connectivity index (χ0) is 10.4. The topological polar surface area (TPSA) is 45.8 Å². The van der Waals surface area contributed by atoms with Crippen molar-refractivity contribution in [3.05, 3.63) is 52.1 Å². The molecule has 0 aliphatic heterocycles. The van der Waals surface area contributed by atoms with Crippen molar-refractivity contribution < 1.29 is 0 Å². The van der Waals surface area contributed by atoms with Crippen molar-refractivity contribution in [1.82, 2.24) is 9.97 Å². The molecule has 0 fully saturated rings. The molecule has 0 bridgehead atoms. The van der Waals surface area contributed by atoms with E-state index in [0.29, 0.717) is 0 Å². The van der Waals surface area contributed by atoms with Crippen LogP contribution in [0.2, 0.25) is 0 Å². The zero-order valence-corrected chi connectivity index (χ0v) is 8.45. The minimum atomic E-state index is -0.256. The standard InChI is InChI=1S/C11H7ClN2O/c12-9-6-3-1-2-4-7(6)10-11(9)13-5-8(15)14-10/h1-5,9H,(H,14,15). The van der Waals surface area contributed by atoms with Gasteiger partial charge >= 0.3 is 0 Å². The molecule has 4 heteroatoms. The molecule has 3 nitrogen and oxygen atoms in total. The van der Waals surface area contributed by atoms with Gasteiger partial charge in [-0.2, -0.15) is 0 Å². The third kappa shape index (κ3) is 1.13. The van der Waals surface area contributed by atoms with Crippen LogP contribution in [0.15, 0.2) is 35.3 Å². The monoisotopic (exact) mass is 218 g/mol. The minimum Gasteiger partial charge on any atom is -0.319 e. The lowest BCUT2D eigenvalue weighted by atomic mass is 10.1. The van der Waals surface area contributed by atoms with E-state index >= 15 is 0 Å². The number of rotatable bonds is 0. The van der Waals surface area contributed by atoms with Crippen molar-refractivity contribution in [1.29, 1.82) is 0 Å². The predicted molar refractivity (Wildman–Crippen MR) is 58.0 cm³/mol. The predicted octanol–water partition coefficient (Wildman–Crippen LogP) is 2.08. The Balaban J connectivity index is 2.39. The van der Waals surface area contributed by atoms with Gasteiger partial charge in [0.25, 0.3) is 5.56 Å². The largest absolute Gasteiger partial charge is 0.319 e. The molecule has 1 atom stereocenters. The third-order valence-electron chi connectivity index (χ3n) is 2.57. The fourth-order valence-corrected chi connectivity index (χ4v) is 2.26. The number of alkyl halides is 1. The molecule has 1 heterocycles. The lowest BCUT2D eigenvalue weighted by Gasteiger charge is -2.00. The first-order valence-corrected chi connectivity index (χ1v) is 5.03. The van der Waals surface area contributed by atoms with Crippen LogP contribution < -0.4 is 5.56 Å². The van der Waals surface area contributed by atoms with E-state index < -0.39 is 0 Å². The summed E-state index contributed by atoms with van der Waals surface area (Å²) in [5.74, 6) is 0. The van der Waals surface area contributed by atoms with Gasteiger partial charge in [-0.05, 0) is 5.56 Å². The quantitative estimate of drug-likeness (QED) is 0.689. The highest BCUT2D eigenvalue weighted by molar-refractivity contribution is 6.24. The lowest BCUT2D eigenvalue weighted by Crippen LogP contribution is -2.07. The number of hydrogen-bond acceptors (Lipinski definition) is 2. The summed E-state index contributed by atoms with van der Waals surface area (Å²) >= 11 is 6.24. The van der Waals surface area contributed by atoms with Gasteiger partial charge in [0.05, 0.1) is 17.6 Å². The number of nitrogens with zero attached hydrogens (tertiary/aromatic N) is 1. The molecule has 1 aromatic carbocycles. The van der Waals surface area contributed by atoms with Crippen LogP contribution >= 0.6 is 11.6 Å². The molecule has 74 valence electrons. The van der Waals surface area contributed by atoms with E-state index in [2.05, 4.69) is 9.97 Å². The van der Waals surface area contributed by atoms with Gasteiger partial charge < -0.3 is 4.98 Å². The van der Waals surface area contributed by atoms with Crippen molar-refractivity contribution in [2.24, 2.45) is 0 Å². The molecular weight excluding hydrogens is 212 g/mol. The van der Waals surface area contributed by atoms with E-state index in [-0.39, 0.29) is 10.9 Å². The summed E-state index contributed by atoms with van der Waals surface area (Å²) < 4.78 is 0. The van der Waals surface area contributed by atoms with Gasteiger partial charge in [0.2, 0.25) is 0 Å². The van der Waals surface area contributed by atoms with Crippen LogP contribution in [-0.2, 0) is 0 Å². The number of aromatic nitrogens is 2. The maximum Gasteiger partial charge on any atom is 0.266 e. The summed E-state index contributed by atoms with van der Waals surface area (Å²) in [6.45, 7) is 0. The van der Waals surface area contributed by atoms with E-state index in [1.807, 2.05) is 24.3 Å². The van der Waals surface area contributed by atoms with Crippen molar-refractivity contribution in [3.63, 3.8) is 0 Å². The van der Waals surface area contributed by atoms with Crippen LogP contribution in [0, 0.1) is 0 Å². The van der Waals surface area contributed by atoms with Gasteiger partial charge in [0, 0.05) is 5.56 Å². The first-order valence-electron chi connectivity index (χ1n) is 4.60. The summed E-state index contributed by atoms with van der Waals surface area (Å²) in [5.41, 5.74) is 3.26. The van der Waals surface area contributed by atoms with Crippen molar-refractivity contribution >= 4 is 11.6 Å². The number of fused-ring (bicyclic) bond motifs is 3. The van der Waals surface area contributed by atoms with Crippen LogP contribution in [0.1, 0.15) is 16.6 Å². The first kappa shape index (κ1) is 8.68. The van der Waals surface area contributed by atoms with Crippen LogP contribution in [0.3, 0.4) is 0 Å². The van der Waals surface area contributed by atoms with Gasteiger partial charge in [-0.15, -0.1) is 11.6 Å². The summed E-state index contributed by atoms with van der Waals surface area (Å²) in [4.78, 5) is 18.0. The normalized spacial score (nSPS) is 17.3. The number of benzene rings is 1. The molecule has 15 heavy (non-hydrogen) atoms. The highest BCUT2D eigenvalue weighted by Crippen LogP contribution is 2.43. The molecule has 1 unspecified atom stereocenters. The van der Waals surface area contributed by atoms with E-state index in [4.69, 9.17) is 11.6 Å². The van der Waals surface area contributed by atoms with E-state index in [0.717, 1.165) is 22.5 Å². The Kier molecular flexibility index (Phi) is 1.70. The van der Waals surface area contributed by atoms with Gasteiger partial charge in [0.1, 0.15) is 5.38 Å². The van der Waals surface area contributed by atoms with Crippen LogP contribution in [0.4, 0.5) is 0 Å². The molecule has 0 saturated carbocycles. The lowest BCUT2D eigenvalue weighted by molar-refractivity contribution is 1.03. The van der Waals surface area contributed by atoms with Gasteiger partial charge in [0.15, 0.2) is 0 Å². The maximum atomic E-state index is 11.2. The van der Waals surface area contributed by atoms with Crippen LogP contribution in [-0.4, -0.2) is 9.97 Å². The molecule has 0 radical (unpaired) electrons. The third-order valence-corrected chi connectivity index (χ3v) is 3.01. The second-order valence-electron chi connectivity index (χ2n) is 3.46. The smallest absolute Gasteiger partial charge is 0.266 e. The van der Waals surface area contributed by atoms with Crippen molar-refractivity contribution in [2.45, 2.75) is 5.38 Å². The Hall–Kier alpha value is -1.61. The second kappa shape index (κ2) is 2.94. The van der Waals surface area contributed by atoms with Crippen LogP contribution in [0.25, 0.3) is 11.3 Å². The average Bonchev–Trinajstić information content (AvgIpc) is 2.54. The van der Waals surface area contributed by atoms with Crippen molar-refractivity contribution in [2.75, 3.05) is 0 Å². The van der Waals surface area contributed by atoms with E-state index in [1.54, 1.807) is 0 Å². The maximum absolute atomic E-state index is 11.2. The number of halogens is 1. The molecule has 2 aromatic rings. The highest BCUT2D eigenvalue weighted by atomic mass is 35.5. The molecule has 0 amide bonds. The molecule has 1 N–H and O–H groups in total. The SMILES string of the molecule is O=c1cnc2c([nH]1)-c1ccccc1C2Cl. The van der Waals surface area contributed by atoms with E-state index in [9.17, 15) is 4.79 Å². The van der Waals surface area contributed by atoms with Crippen LogP contribution in [0.5, 0.6) is 0 Å². The fourth-order valence-electron chi connectivity index (χ4n) is 1.90. The number of H-pyrrole nitrogens is 1. The fraction of sp³-hybridized carbons (Fsp3) is 0.0909. The number of aromatic amines is 1. The van der Waals surface area contributed by atoms with Gasteiger partial charge in [-0.25, -0.2) is 0 Å². The van der Waals surface area contributed by atoms with E-state index in [1.165, 1.54) is 6.20 Å². The molecule has 0 saturated heterocycles. The highest BCUT2D eigenvalue weighted by Gasteiger charge is 2.28. The second-order valence-corrected chi connectivity index (χ2v) is 3.89. The Labute approximate surface area is 90.8 Å². The molecule has 0 spiro atoms. The Bertz CT molecular complexity index is 591. The Morgan fingerprint density at radius 2 is 2.13 bits per heavy atom. The molecule has 1 aliphatic carbocycles. The summed E-state index contributed by atoms with van der Waals surface area (Å²) in [7, 11) is 0. The summed E-state index contributed by atoms with van der Waals surface area (Å²) in [6.07, 6.45) is 1.26. The zero-order valence-electron chi connectivity index (χ0n) is 7.70. The average molecular weight is 219 g/mol. The Morgan fingerprint density at radius 3 is 3.00 bits per heavy atom. The summed E-state index contributed by atoms with van der Waals surface area (Å²) in [6, 6.07) is 7.74. The van der Waals surface area contributed by atoms with Crippen molar-refractivity contribution in [3.8, 4) is 11.3 Å². The van der Waals surface area contributed by atoms with Gasteiger partial charge in [-0.1, -0.05) is 24.3 Å². The molecule has 1 aliphatic rings. The number of hydrogen-bond donors (Lipinski definition) is 1. The molecule has 1 aromatic heterocycles. The molecular formula is C11H7ClN2O. The first-order chi connectivity index (χ1) is 7.27. The Morgan fingerprint density at radius 1 is 1.33 bits per heavy atom. The molecule has 3 rings (SSSR count).